The molecule has 5 heterocycles. The summed E-state index contributed by atoms with van der Waals surface area (Å²) >= 11 is -0.140. The number of hydrogen-bond donors (Lipinski definition) is 0. The summed E-state index contributed by atoms with van der Waals surface area (Å²) in [5.41, 5.74) is -1.68. The predicted octanol–water partition coefficient (Wildman–Crippen LogP) is 4.32. The molecule has 0 aliphatic carbocycles. The molecular weight excluding hydrogens is 493 g/mol. The summed E-state index contributed by atoms with van der Waals surface area (Å²) in [6.45, 7) is 1.24. The molecule has 2 aliphatic heterocycles. The molecule has 4 aromatic rings. The van der Waals surface area contributed by atoms with Crippen LogP contribution >= 0.6 is 11.8 Å². The second kappa shape index (κ2) is 8.34. The molecule has 3 aromatic heterocycles. The monoisotopic (exact) mass is 510 g/mol. The Kier molecular flexibility index (Phi) is 5.22. The van der Waals surface area contributed by atoms with Crippen LogP contribution in [0.3, 0.4) is 0 Å². The highest BCUT2D eigenvalue weighted by Gasteiger charge is 2.43. The SMILES string of the molecule is N#Cc1ccc2c(n1)c(N1CCC3(CC1)CC(c1ccc(SC(F)(F)F)cc1)=NO3)nc1nncn12. The zero-order chi connectivity index (χ0) is 24.9. The van der Waals surface area contributed by atoms with E-state index in [9.17, 15) is 18.4 Å². The van der Waals surface area contributed by atoms with Crippen LogP contribution in [-0.4, -0.2) is 54.5 Å². The number of aromatic nitrogens is 5. The molecule has 13 heteroatoms. The van der Waals surface area contributed by atoms with Gasteiger partial charge in [0.15, 0.2) is 5.82 Å². The molecule has 0 N–H and O–H groups in total. The molecule has 1 fully saturated rings. The fourth-order valence-corrected chi connectivity index (χ4v) is 5.18. The van der Waals surface area contributed by atoms with Gasteiger partial charge in [-0.2, -0.15) is 23.4 Å². The lowest BCUT2D eigenvalue weighted by Gasteiger charge is -2.37. The topological polar surface area (TPSA) is 105 Å². The van der Waals surface area contributed by atoms with Crippen molar-refractivity contribution in [3.63, 3.8) is 0 Å². The van der Waals surface area contributed by atoms with Crippen molar-refractivity contribution in [1.82, 2.24) is 24.6 Å². The van der Waals surface area contributed by atoms with Gasteiger partial charge in [-0.15, -0.1) is 10.2 Å². The van der Waals surface area contributed by atoms with Crippen LogP contribution in [0.4, 0.5) is 19.0 Å². The van der Waals surface area contributed by atoms with Gasteiger partial charge in [-0.3, -0.25) is 4.40 Å². The molecule has 6 rings (SSSR count). The number of thioether (sulfide) groups is 1. The molecule has 2 aliphatic rings. The Morgan fingerprint density at radius 1 is 1.06 bits per heavy atom. The number of piperidine rings is 1. The minimum atomic E-state index is -4.32. The van der Waals surface area contributed by atoms with Crippen molar-refractivity contribution in [1.29, 1.82) is 5.26 Å². The first-order chi connectivity index (χ1) is 17.3. The number of nitriles is 1. The van der Waals surface area contributed by atoms with Crippen LogP contribution in [0.25, 0.3) is 16.8 Å². The summed E-state index contributed by atoms with van der Waals surface area (Å²) in [5, 5.41) is 21.6. The summed E-state index contributed by atoms with van der Waals surface area (Å²) < 4.78 is 39.5. The molecule has 0 radical (unpaired) electrons. The number of halogens is 3. The molecule has 182 valence electrons. The van der Waals surface area contributed by atoms with Crippen LogP contribution in [-0.2, 0) is 4.84 Å². The van der Waals surface area contributed by atoms with E-state index < -0.39 is 11.1 Å². The first kappa shape index (κ1) is 22.5. The Bertz CT molecular complexity index is 1540. The zero-order valence-electron chi connectivity index (χ0n) is 18.6. The van der Waals surface area contributed by atoms with Crippen LogP contribution in [0, 0.1) is 11.3 Å². The van der Waals surface area contributed by atoms with Crippen molar-refractivity contribution < 1.29 is 18.0 Å². The van der Waals surface area contributed by atoms with E-state index in [1.54, 1.807) is 28.9 Å². The van der Waals surface area contributed by atoms with Gasteiger partial charge in [-0.1, -0.05) is 17.3 Å². The summed E-state index contributed by atoms with van der Waals surface area (Å²) in [6.07, 6.45) is 3.47. The smallest absolute Gasteiger partial charge is 0.388 e. The van der Waals surface area contributed by atoms with Crippen molar-refractivity contribution in [3.05, 3.63) is 54.0 Å². The minimum absolute atomic E-state index is 0.131. The Morgan fingerprint density at radius 3 is 2.56 bits per heavy atom. The third kappa shape index (κ3) is 4.07. The van der Waals surface area contributed by atoms with Crippen LogP contribution in [0.1, 0.15) is 30.5 Å². The van der Waals surface area contributed by atoms with Gasteiger partial charge in [0.1, 0.15) is 29.2 Å². The summed E-state index contributed by atoms with van der Waals surface area (Å²) in [6, 6.07) is 11.7. The average molecular weight is 511 g/mol. The fraction of sp³-hybridized carbons (Fsp3) is 0.304. The highest BCUT2D eigenvalue weighted by molar-refractivity contribution is 8.00. The number of alkyl halides is 3. The third-order valence-corrected chi connectivity index (χ3v) is 7.17. The Balaban J connectivity index is 1.20. The van der Waals surface area contributed by atoms with Gasteiger partial charge < -0.3 is 9.74 Å². The molecule has 36 heavy (non-hydrogen) atoms. The van der Waals surface area contributed by atoms with Crippen molar-refractivity contribution in [3.8, 4) is 6.07 Å². The van der Waals surface area contributed by atoms with Gasteiger partial charge in [0.05, 0.1) is 11.2 Å². The number of benzene rings is 1. The molecule has 0 bridgehead atoms. The lowest BCUT2D eigenvalue weighted by atomic mass is 9.85. The molecule has 1 saturated heterocycles. The first-order valence-electron chi connectivity index (χ1n) is 11.1. The fourth-order valence-electron chi connectivity index (χ4n) is 4.64. The molecule has 9 nitrogen and oxygen atoms in total. The van der Waals surface area contributed by atoms with Gasteiger partial charge in [0.2, 0.25) is 0 Å². The van der Waals surface area contributed by atoms with E-state index in [0.29, 0.717) is 55.2 Å². The van der Waals surface area contributed by atoms with Gasteiger partial charge in [-0.05, 0) is 41.6 Å². The first-order valence-corrected chi connectivity index (χ1v) is 11.9. The Hall–Kier alpha value is -3.92. The molecule has 0 atom stereocenters. The van der Waals surface area contributed by atoms with Crippen molar-refractivity contribution >= 4 is 40.1 Å². The van der Waals surface area contributed by atoms with Crippen LogP contribution in [0.5, 0.6) is 0 Å². The number of rotatable bonds is 3. The van der Waals surface area contributed by atoms with Crippen molar-refractivity contribution in [2.75, 3.05) is 18.0 Å². The lowest BCUT2D eigenvalue weighted by Crippen LogP contribution is -2.45. The second-order valence-corrected chi connectivity index (χ2v) is 9.80. The molecule has 0 unspecified atom stereocenters. The van der Waals surface area contributed by atoms with Gasteiger partial charge >= 0.3 is 5.51 Å². The molecule has 0 amide bonds. The zero-order valence-corrected chi connectivity index (χ0v) is 19.4. The Morgan fingerprint density at radius 2 is 1.83 bits per heavy atom. The van der Waals surface area contributed by atoms with Crippen LogP contribution in [0.2, 0.25) is 0 Å². The summed E-state index contributed by atoms with van der Waals surface area (Å²) in [7, 11) is 0. The van der Waals surface area contributed by atoms with E-state index in [1.807, 2.05) is 6.07 Å². The maximum atomic E-state index is 12.6. The minimum Gasteiger partial charge on any atom is -0.388 e. The van der Waals surface area contributed by atoms with Crippen molar-refractivity contribution in [2.24, 2.45) is 5.16 Å². The van der Waals surface area contributed by atoms with E-state index in [-0.39, 0.29) is 16.7 Å². The molecule has 0 saturated carbocycles. The van der Waals surface area contributed by atoms with Crippen LogP contribution < -0.4 is 4.90 Å². The largest absolute Gasteiger partial charge is 0.446 e. The van der Waals surface area contributed by atoms with Crippen LogP contribution in [0.15, 0.2) is 52.8 Å². The van der Waals surface area contributed by atoms with Gasteiger partial charge in [-0.25, -0.2) is 4.98 Å². The average Bonchev–Trinajstić information content (AvgIpc) is 3.51. The third-order valence-electron chi connectivity index (χ3n) is 6.43. The van der Waals surface area contributed by atoms with E-state index in [0.717, 1.165) is 16.8 Å². The van der Waals surface area contributed by atoms with E-state index in [4.69, 9.17) is 4.84 Å². The highest BCUT2D eigenvalue weighted by atomic mass is 32.2. The maximum Gasteiger partial charge on any atom is 0.446 e. The number of nitrogens with zero attached hydrogens (tertiary/aromatic N) is 8. The number of hydrogen-bond acceptors (Lipinski definition) is 9. The van der Waals surface area contributed by atoms with Gasteiger partial charge in [0.25, 0.3) is 5.78 Å². The highest BCUT2D eigenvalue weighted by Crippen LogP contribution is 2.40. The number of oxime groups is 1. The summed E-state index contributed by atoms with van der Waals surface area (Å²) in [5.74, 6) is 1.08. The summed E-state index contributed by atoms with van der Waals surface area (Å²) in [4.78, 5) is 17.3. The molecule has 1 aromatic carbocycles. The number of anilines is 1. The van der Waals surface area contributed by atoms with Gasteiger partial charge in [0, 0.05) is 37.2 Å². The van der Waals surface area contributed by atoms with E-state index in [1.165, 1.54) is 12.1 Å². The molecular formula is C23H17F3N8OS. The quantitative estimate of drug-likeness (QED) is 0.376. The standard InChI is InChI=1S/C23H17F3N8OS/c24-23(25,26)36-16-4-1-14(2-5-16)17-11-22(35-32-17)7-9-33(10-8-22)20-19-18(6-3-15(12-27)29-19)34-13-28-31-21(34)30-20/h1-6,13H,7-11H2. The maximum absolute atomic E-state index is 12.6. The second-order valence-electron chi connectivity index (χ2n) is 8.66. The Labute approximate surface area is 206 Å². The molecule has 1 spiro atoms. The normalized spacial score (nSPS) is 17.4. The number of pyridine rings is 1. The van der Waals surface area contributed by atoms with E-state index in [2.05, 4.69) is 36.3 Å². The van der Waals surface area contributed by atoms with E-state index >= 15 is 0 Å². The lowest BCUT2D eigenvalue weighted by molar-refractivity contribution is -0.0360. The van der Waals surface area contributed by atoms with Crippen molar-refractivity contribution in [2.45, 2.75) is 35.3 Å². The predicted molar refractivity (Wildman–Crippen MR) is 126 cm³/mol. The number of fused-ring (bicyclic) bond motifs is 3.